The van der Waals surface area contributed by atoms with Gasteiger partial charge in [-0.3, -0.25) is 14.6 Å². The summed E-state index contributed by atoms with van der Waals surface area (Å²) in [5, 5.41) is 11.9. The van der Waals surface area contributed by atoms with Crippen LogP contribution in [0.15, 0.2) is 18.3 Å². The van der Waals surface area contributed by atoms with Crippen LogP contribution in [0.3, 0.4) is 0 Å². The van der Waals surface area contributed by atoms with Gasteiger partial charge in [-0.2, -0.15) is 0 Å². The number of aryl methyl sites for hydroxylation is 1. The molecule has 1 heterocycles. The predicted octanol–water partition coefficient (Wildman–Crippen LogP) is 1.90. The molecule has 108 valence electrons. The zero-order valence-corrected chi connectivity index (χ0v) is 11.6. The molecule has 1 saturated carbocycles. The molecule has 1 aromatic rings. The Morgan fingerprint density at radius 1 is 1.40 bits per heavy atom. The Balaban J connectivity index is 1.89. The summed E-state index contributed by atoms with van der Waals surface area (Å²) in [5.41, 5.74) is 1.89. The predicted molar refractivity (Wildman–Crippen MR) is 73.9 cm³/mol. The first-order chi connectivity index (χ1) is 9.58. The second kappa shape index (κ2) is 6.50. The third kappa shape index (κ3) is 3.56. The summed E-state index contributed by atoms with van der Waals surface area (Å²) < 4.78 is 0. The lowest BCUT2D eigenvalue weighted by Gasteiger charge is -2.25. The quantitative estimate of drug-likeness (QED) is 0.880. The lowest BCUT2D eigenvalue weighted by molar-refractivity contribution is -0.144. The van der Waals surface area contributed by atoms with E-state index >= 15 is 0 Å². The van der Waals surface area contributed by atoms with Gasteiger partial charge in [0.15, 0.2) is 0 Å². The number of rotatable bonds is 4. The maximum Gasteiger partial charge on any atom is 0.306 e. The number of nitrogens with zero attached hydrogens (tertiary/aromatic N) is 1. The van der Waals surface area contributed by atoms with Crippen LogP contribution in [0.5, 0.6) is 0 Å². The molecule has 1 aliphatic rings. The standard InChI is InChI=1S/C15H20N2O3/c1-10-4-3-7-16-13(10)9-17-14(18)11-5-2-6-12(8-11)15(19)20/h3-4,7,11-12H,2,5-6,8-9H2,1H3,(H,17,18)(H,19,20). The highest BCUT2D eigenvalue weighted by Crippen LogP contribution is 2.29. The van der Waals surface area contributed by atoms with Crippen molar-refractivity contribution in [2.45, 2.75) is 39.2 Å². The number of nitrogens with one attached hydrogen (secondary N) is 1. The molecule has 5 nitrogen and oxygen atoms in total. The van der Waals surface area contributed by atoms with Gasteiger partial charge in [0.1, 0.15) is 0 Å². The summed E-state index contributed by atoms with van der Waals surface area (Å²) >= 11 is 0. The van der Waals surface area contributed by atoms with E-state index in [2.05, 4.69) is 10.3 Å². The largest absolute Gasteiger partial charge is 0.481 e. The molecule has 0 spiro atoms. The second-order valence-electron chi connectivity index (χ2n) is 5.38. The van der Waals surface area contributed by atoms with Gasteiger partial charge in [-0.25, -0.2) is 0 Å². The smallest absolute Gasteiger partial charge is 0.306 e. The molecule has 5 heteroatoms. The maximum absolute atomic E-state index is 12.1. The molecule has 2 unspecified atom stereocenters. The van der Waals surface area contributed by atoms with Crippen LogP contribution in [0.4, 0.5) is 0 Å². The number of aliphatic carboxylic acids is 1. The number of hydrogen-bond acceptors (Lipinski definition) is 3. The van der Waals surface area contributed by atoms with E-state index in [4.69, 9.17) is 5.11 Å². The van der Waals surface area contributed by atoms with Crippen molar-refractivity contribution in [1.29, 1.82) is 0 Å². The van der Waals surface area contributed by atoms with Crippen LogP contribution in [0.25, 0.3) is 0 Å². The van der Waals surface area contributed by atoms with Crippen molar-refractivity contribution >= 4 is 11.9 Å². The third-order valence-electron chi connectivity index (χ3n) is 3.94. The van der Waals surface area contributed by atoms with Gasteiger partial charge in [0, 0.05) is 12.1 Å². The number of carbonyl (C=O) groups excluding carboxylic acids is 1. The van der Waals surface area contributed by atoms with E-state index in [1.807, 2.05) is 19.1 Å². The lowest BCUT2D eigenvalue weighted by Crippen LogP contribution is -2.35. The van der Waals surface area contributed by atoms with Crippen LogP contribution >= 0.6 is 0 Å². The van der Waals surface area contributed by atoms with E-state index in [-0.39, 0.29) is 17.7 Å². The Kier molecular flexibility index (Phi) is 4.71. The van der Waals surface area contributed by atoms with Crippen LogP contribution in [0.2, 0.25) is 0 Å². The van der Waals surface area contributed by atoms with Gasteiger partial charge < -0.3 is 10.4 Å². The molecular formula is C15H20N2O3. The SMILES string of the molecule is Cc1cccnc1CNC(=O)C1CCCC(C(=O)O)C1. The summed E-state index contributed by atoms with van der Waals surface area (Å²) in [6.45, 7) is 2.36. The molecule has 2 N–H and O–H groups in total. The molecule has 0 bridgehead atoms. The van der Waals surface area contributed by atoms with E-state index in [0.29, 0.717) is 19.4 Å². The zero-order valence-electron chi connectivity index (χ0n) is 11.6. The minimum Gasteiger partial charge on any atom is -0.481 e. The van der Waals surface area contributed by atoms with E-state index in [9.17, 15) is 9.59 Å². The fraction of sp³-hybridized carbons (Fsp3) is 0.533. The number of pyridine rings is 1. The van der Waals surface area contributed by atoms with Crippen LogP contribution in [-0.2, 0) is 16.1 Å². The number of amides is 1. The van der Waals surface area contributed by atoms with Crippen molar-refractivity contribution in [1.82, 2.24) is 10.3 Å². The Hall–Kier alpha value is -1.91. The number of carbonyl (C=O) groups is 2. The minimum absolute atomic E-state index is 0.0546. The summed E-state index contributed by atoms with van der Waals surface area (Å²) in [6, 6.07) is 3.81. The summed E-state index contributed by atoms with van der Waals surface area (Å²) in [4.78, 5) is 27.4. The lowest BCUT2D eigenvalue weighted by atomic mass is 9.81. The van der Waals surface area contributed by atoms with E-state index in [0.717, 1.165) is 24.1 Å². The highest BCUT2D eigenvalue weighted by atomic mass is 16.4. The van der Waals surface area contributed by atoms with Gasteiger partial charge in [0.25, 0.3) is 0 Å². The molecule has 0 aromatic carbocycles. The van der Waals surface area contributed by atoms with Crippen LogP contribution < -0.4 is 5.32 Å². The van der Waals surface area contributed by atoms with Gasteiger partial charge >= 0.3 is 5.97 Å². The normalized spacial score (nSPS) is 22.2. The van der Waals surface area contributed by atoms with E-state index < -0.39 is 5.97 Å². The van der Waals surface area contributed by atoms with Crippen molar-refractivity contribution in [3.8, 4) is 0 Å². The fourth-order valence-electron chi connectivity index (χ4n) is 2.67. The first-order valence-electron chi connectivity index (χ1n) is 6.99. The molecule has 20 heavy (non-hydrogen) atoms. The molecule has 1 aliphatic carbocycles. The van der Waals surface area contributed by atoms with Crippen molar-refractivity contribution in [2.75, 3.05) is 0 Å². The van der Waals surface area contributed by atoms with Crippen molar-refractivity contribution < 1.29 is 14.7 Å². The van der Waals surface area contributed by atoms with E-state index in [1.54, 1.807) is 6.20 Å². The van der Waals surface area contributed by atoms with Crippen LogP contribution in [0, 0.1) is 18.8 Å². The van der Waals surface area contributed by atoms with Crippen molar-refractivity contribution in [3.05, 3.63) is 29.6 Å². The molecule has 0 saturated heterocycles. The molecule has 1 amide bonds. The third-order valence-corrected chi connectivity index (χ3v) is 3.94. The Morgan fingerprint density at radius 2 is 2.15 bits per heavy atom. The van der Waals surface area contributed by atoms with E-state index in [1.165, 1.54) is 0 Å². The molecule has 1 aromatic heterocycles. The van der Waals surface area contributed by atoms with Gasteiger partial charge in [0.2, 0.25) is 5.91 Å². The number of aromatic nitrogens is 1. The average Bonchev–Trinajstić information content (AvgIpc) is 2.46. The van der Waals surface area contributed by atoms with Gasteiger partial charge in [-0.05, 0) is 37.8 Å². The molecule has 0 aliphatic heterocycles. The molecule has 0 radical (unpaired) electrons. The topological polar surface area (TPSA) is 79.3 Å². The Labute approximate surface area is 118 Å². The Bertz CT molecular complexity index is 502. The van der Waals surface area contributed by atoms with Crippen molar-refractivity contribution in [2.24, 2.45) is 11.8 Å². The summed E-state index contributed by atoms with van der Waals surface area (Å²) in [6.07, 6.45) is 4.41. The Morgan fingerprint density at radius 3 is 2.85 bits per heavy atom. The molecule has 2 atom stereocenters. The second-order valence-corrected chi connectivity index (χ2v) is 5.38. The highest BCUT2D eigenvalue weighted by Gasteiger charge is 2.30. The number of carboxylic acid groups (broad SMARTS) is 1. The first-order valence-corrected chi connectivity index (χ1v) is 6.99. The highest BCUT2D eigenvalue weighted by molar-refractivity contribution is 5.80. The fourth-order valence-corrected chi connectivity index (χ4v) is 2.67. The van der Waals surface area contributed by atoms with Crippen LogP contribution in [-0.4, -0.2) is 22.0 Å². The molecule has 2 rings (SSSR count). The van der Waals surface area contributed by atoms with Gasteiger partial charge in [0.05, 0.1) is 18.2 Å². The maximum atomic E-state index is 12.1. The number of carboxylic acids is 1. The molecule has 1 fully saturated rings. The molecular weight excluding hydrogens is 256 g/mol. The zero-order chi connectivity index (χ0) is 14.5. The van der Waals surface area contributed by atoms with Gasteiger partial charge in [-0.15, -0.1) is 0 Å². The van der Waals surface area contributed by atoms with Gasteiger partial charge in [-0.1, -0.05) is 12.5 Å². The monoisotopic (exact) mass is 276 g/mol. The summed E-state index contributed by atoms with van der Waals surface area (Å²) in [7, 11) is 0. The first kappa shape index (κ1) is 14.5. The average molecular weight is 276 g/mol. The van der Waals surface area contributed by atoms with Crippen LogP contribution in [0.1, 0.15) is 36.9 Å². The van der Waals surface area contributed by atoms with Crippen molar-refractivity contribution in [3.63, 3.8) is 0 Å². The minimum atomic E-state index is -0.789. The number of hydrogen-bond donors (Lipinski definition) is 2. The summed E-state index contributed by atoms with van der Waals surface area (Å²) in [5.74, 6) is -1.41.